The zero-order valence-electron chi connectivity index (χ0n) is 9.91. The molecule has 1 aliphatic heterocycles. The molecule has 2 heterocycles. The Morgan fingerprint density at radius 3 is 2.83 bits per heavy atom. The topological polar surface area (TPSA) is 73.8 Å². The molecule has 3 rings (SSSR count). The first-order chi connectivity index (χ1) is 8.75. The van der Waals surface area contributed by atoms with Gasteiger partial charge in [0.1, 0.15) is 5.82 Å². The normalized spacial score (nSPS) is 18.3. The molecular weight excluding hydrogens is 228 g/mol. The largest absolute Gasteiger partial charge is 0.363 e. The number of nitrogens with zero attached hydrogens (tertiary/aromatic N) is 3. The second-order valence-electron chi connectivity index (χ2n) is 4.48. The Bertz CT molecular complexity index is 576. The minimum atomic E-state index is -0.566. The average molecular weight is 242 g/mol. The lowest BCUT2D eigenvalue weighted by Gasteiger charge is -2.23. The number of amides is 1. The van der Waals surface area contributed by atoms with Gasteiger partial charge in [0, 0.05) is 6.42 Å². The van der Waals surface area contributed by atoms with E-state index >= 15 is 0 Å². The highest BCUT2D eigenvalue weighted by atomic mass is 16.1. The molecule has 1 aliphatic rings. The van der Waals surface area contributed by atoms with Gasteiger partial charge >= 0.3 is 0 Å². The van der Waals surface area contributed by atoms with Crippen molar-refractivity contribution in [3.63, 3.8) is 0 Å². The van der Waals surface area contributed by atoms with Gasteiger partial charge in [-0.1, -0.05) is 30.3 Å². The molecular formula is C13H14N4O. The second-order valence-corrected chi connectivity index (χ2v) is 4.48. The summed E-state index contributed by atoms with van der Waals surface area (Å²) >= 11 is 0. The molecule has 18 heavy (non-hydrogen) atoms. The number of benzene rings is 1. The number of rotatable bonds is 2. The Hall–Kier alpha value is -2.17. The van der Waals surface area contributed by atoms with E-state index in [1.807, 2.05) is 22.9 Å². The molecule has 1 aromatic heterocycles. The third-order valence-corrected chi connectivity index (χ3v) is 3.28. The van der Waals surface area contributed by atoms with Crippen molar-refractivity contribution in [3.8, 4) is 0 Å². The number of hydrogen-bond donors (Lipinski definition) is 1. The summed E-state index contributed by atoms with van der Waals surface area (Å²) in [7, 11) is 0. The average Bonchev–Trinajstić information content (AvgIpc) is 2.83. The molecule has 1 unspecified atom stereocenters. The van der Waals surface area contributed by atoms with E-state index in [0.29, 0.717) is 0 Å². The second kappa shape index (κ2) is 4.25. The Morgan fingerprint density at radius 2 is 2.11 bits per heavy atom. The van der Waals surface area contributed by atoms with E-state index in [4.69, 9.17) is 5.73 Å². The molecule has 5 nitrogen and oxygen atoms in total. The van der Waals surface area contributed by atoms with Crippen molar-refractivity contribution in [1.29, 1.82) is 0 Å². The van der Waals surface area contributed by atoms with Crippen molar-refractivity contribution in [2.45, 2.75) is 25.3 Å². The summed E-state index contributed by atoms with van der Waals surface area (Å²) < 4.78 is 1.85. The first-order valence-corrected chi connectivity index (χ1v) is 6.06. The van der Waals surface area contributed by atoms with E-state index in [1.165, 1.54) is 5.56 Å². The fourth-order valence-electron chi connectivity index (χ4n) is 2.44. The maximum Gasteiger partial charge on any atom is 0.288 e. The summed E-state index contributed by atoms with van der Waals surface area (Å²) in [6.45, 7) is 0. The maximum atomic E-state index is 11.1. The van der Waals surface area contributed by atoms with Gasteiger partial charge in [0.05, 0.1) is 6.04 Å². The maximum absolute atomic E-state index is 11.1. The van der Waals surface area contributed by atoms with Crippen LogP contribution in [0.2, 0.25) is 0 Å². The standard InChI is InChI=1S/C13H14N4O/c14-12(18)13-15-11-8-4-7-10(17(11)16-13)9-5-2-1-3-6-9/h1-3,5-6,10H,4,7-8H2,(H2,14,18). The number of fused-ring (bicyclic) bond motifs is 1. The minimum absolute atomic E-state index is 0.118. The van der Waals surface area contributed by atoms with Crippen molar-refractivity contribution in [2.24, 2.45) is 5.73 Å². The first kappa shape index (κ1) is 11.0. The summed E-state index contributed by atoms with van der Waals surface area (Å²) in [5, 5.41) is 4.24. The van der Waals surface area contributed by atoms with Crippen LogP contribution in [0, 0.1) is 0 Å². The Kier molecular flexibility index (Phi) is 2.59. The monoisotopic (exact) mass is 242 g/mol. The molecule has 0 saturated heterocycles. The minimum Gasteiger partial charge on any atom is -0.363 e. The molecule has 5 heteroatoms. The number of carbonyl (C=O) groups excluding carboxylic acids is 1. The predicted octanol–water partition coefficient (Wildman–Crippen LogP) is 1.30. The summed E-state index contributed by atoms with van der Waals surface area (Å²) in [6, 6.07) is 10.3. The number of nitrogens with two attached hydrogens (primary N) is 1. The van der Waals surface area contributed by atoms with Crippen LogP contribution in [0.4, 0.5) is 0 Å². The number of primary amides is 1. The lowest BCUT2D eigenvalue weighted by molar-refractivity contribution is 0.0990. The highest BCUT2D eigenvalue weighted by molar-refractivity contribution is 5.88. The molecule has 0 radical (unpaired) electrons. The van der Waals surface area contributed by atoms with Crippen LogP contribution in [0.15, 0.2) is 30.3 Å². The van der Waals surface area contributed by atoms with Gasteiger partial charge in [0.25, 0.3) is 5.91 Å². The Morgan fingerprint density at radius 1 is 1.33 bits per heavy atom. The van der Waals surface area contributed by atoms with Gasteiger partial charge in [-0.25, -0.2) is 9.67 Å². The fourth-order valence-corrected chi connectivity index (χ4v) is 2.44. The van der Waals surface area contributed by atoms with Gasteiger partial charge < -0.3 is 5.73 Å². The van der Waals surface area contributed by atoms with Crippen LogP contribution in [0.5, 0.6) is 0 Å². The molecule has 0 spiro atoms. The van der Waals surface area contributed by atoms with E-state index in [2.05, 4.69) is 22.2 Å². The quantitative estimate of drug-likeness (QED) is 0.862. The lowest BCUT2D eigenvalue weighted by Crippen LogP contribution is -2.20. The van der Waals surface area contributed by atoms with Crippen LogP contribution in [-0.4, -0.2) is 20.7 Å². The molecule has 2 aromatic rings. The summed E-state index contributed by atoms with van der Waals surface area (Å²) in [4.78, 5) is 15.3. The van der Waals surface area contributed by atoms with Gasteiger partial charge in [-0.05, 0) is 18.4 Å². The van der Waals surface area contributed by atoms with E-state index < -0.39 is 5.91 Å². The van der Waals surface area contributed by atoms with Crippen molar-refractivity contribution < 1.29 is 4.79 Å². The number of aromatic nitrogens is 3. The highest BCUT2D eigenvalue weighted by Crippen LogP contribution is 2.29. The SMILES string of the molecule is NC(=O)c1nc2n(n1)C(c1ccccc1)CCC2. The zero-order chi connectivity index (χ0) is 12.5. The van der Waals surface area contributed by atoms with Gasteiger partial charge in [0.15, 0.2) is 0 Å². The van der Waals surface area contributed by atoms with Crippen LogP contribution >= 0.6 is 0 Å². The number of carbonyl (C=O) groups is 1. The van der Waals surface area contributed by atoms with E-state index in [-0.39, 0.29) is 11.9 Å². The van der Waals surface area contributed by atoms with Crippen LogP contribution in [0.3, 0.4) is 0 Å². The molecule has 0 fully saturated rings. The molecule has 1 atom stereocenters. The highest BCUT2D eigenvalue weighted by Gasteiger charge is 2.25. The molecule has 0 bridgehead atoms. The van der Waals surface area contributed by atoms with E-state index in [1.54, 1.807) is 0 Å². The third-order valence-electron chi connectivity index (χ3n) is 3.28. The lowest BCUT2D eigenvalue weighted by atomic mass is 9.98. The van der Waals surface area contributed by atoms with Crippen LogP contribution in [0.25, 0.3) is 0 Å². The molecule has 1 amide bonds. The zero-order valence-corrected chi connectivity index (χ0v) is 9.91. The predicted molar refractivity (Wildman–Crippen MR) is 66.1 cm³/mol. The summed E-state index contributed by atoms with van der Waals surface area (Å²) in [5.74, 6) is 0.403. The van der Waals surface area contributed by atoms with E-state index in [9.17, 15) is 4.79 Å². The molecule has 2 N–H and O–H groups in total. The van der Waals surface area contributed by atoms with Crippen molar-refractivity contribution in [3.05, 3.63) is 47.5 Å². The number of aryl methyl sites for hydroxylation is 1. The fraction of sp³-hybridized carbons (Fsp3) is 0.308. The number of hydrogen-bond acceptors (Lipinski definition) is 3. The van der Waals surface area contributed by atoms with Crippen LogP contribution in [-0.2, 0) is 6.42 Å². The molecule has 0 saturated carbocycles. The molecule has 0 aliphatic carbocycles. The van der Waals surface area contributed by atoms with Crippen LogP contribution < -0.4 is 5.73 Å². The Balaban J connectivity index is 2.04. The van der Waals surface area contributed by atoms with Gasteiger partial charge in [-0.2, -0.15) is 0 Å². The summed E-state index contributed by atoms with van der Waals surface area (Å²) in [6.07, 6.45) is 2.92. The smallest absolute Gasteiger partial charge is 0.288 e. The van der Waals surface area contributed by atoms with Crippen LogP contribution in [0.1, 0.15) is 40.9 Å². The van der Waals surface area contributed by atoms with E-state index in [0.717, 1.165) is 25.1 Å². The Labute approximate surface area is 105 Å². The van der Waals surface area contributed by atoms with Crippen molar-refractivity contribution in [2.75, 3.05) is 0 Å². The van der Waals surface area contributed by atoms with Gasteiger partial charge in [-0.15, -0.1) is 5.10 Å². The van der Waals surface area contributed by atoms with Crippen molar-refractivity contribution in [1.82, 2.24) is 14.8 Å². The van der Waals surface area contributed by atoms with Gasteiger partial charge in [-0.3, -0.25) is 4.79 Å². The summed E-state index contributed by atoms with van der Waals surface area (Å²) in [5.41, 5.74) is 6.43. The van der Waals surface area contributed by atoms with Gasteiger partial charge in [0.2, 0.25) is 5.82 Å². The molecule has 92 valence electrons. The molecule has 1 aromatic carbocycles. The third kappa shape index (κ3) is 1.77. The first-order valence-electron chi connectivity index (χ1n) is 6.06. The van der Waals surface area contributed by atoms with Crippen molar-refractivity contribution >= 4 is 5.91 Å².